The van der Waals surface area contributed by atoms with Crippen LogP contribution in [0.4, 0.5) is 0 Å². The number of nitrogens with zero attached hydrogens (tertiary/aromatic N) is 1. The summed E-state index contributed by atoms with van der Waals surface area (Å²) >= 11 is 0. The van der Waals surface area contributed by atoms with Crippen molar-refractivity contribution in [3.05, 3.63) is 23.8 Å². The highest BCUT2D eigenvalue weighted by Gasteiger charge is 2.27. The maximum absolute atomic E-state index is 12.1. The summed E-state index contributed by atoms with van der Waals surface area (Å²) in [4.78, 5) is 25.8. The topological polar surface area (TPSA) is 76.1 Å². The van der Waals surface area contributed by atoms with Crippen molar-refractivity contribution in [2.45, 2.75) is 25.9 Å². The summed E-state index contributed by atoms with van der Waals surface area (Å²) in [6.45, 7) is 2.95. The van der Waals surface area contributed by atoms with E-state index in [1.807, 2.05) is 0 Å². The van der Waals surface area contributed by atoms with Crippen LogP contribution in [0.5, 0.6) is 11.5 Å². The Kier molecular flexibility index (Phi) is 4.67. The van der Waals surface area contributed by atoms with Crippen LogP contribution in [-0.4, -0.2) is 48.2 Å². The summed E-state index contributed by atoms with van der Waals surface area (Å²) in [6.07, 6.45) is 1.09. The predicted octanol–water partition coefficient (Wildman–Crippen LogP) is 1.57. The zero-order valence-electron chi connectivity index (χ0n) is 12.2. The van der Waals surface area contributed by atoms with Gasteiger partial charge in [-0.25, -0.2) is 4.79 Å². The molecule has 0 bridgehead atoms. The Morgan fingerprint density at radius 3 is 2.52 bits per heavy atom. The highest BCUT2D eigenvalue weighted by atomic mass is 16.5. The largest absolute Gasteiger partial charge is 0.507 e. The van der Waals surface area contributed by atoms with Gasteiger partial charge in [0, 0.05) is 19.2 Å². The number of methoxy groups -OCH3 is 1. The molecule has 0 spiro atoms. The Labute approximate surface area is 123 Å². The van der Waals surface area contributed by atoms with Crippen molar-refractivity contribution < 1.29 is 24.2 Å². The molecule has 1 heterocycles. The van der Waals surface area contributed by atoms with Crippen LogP contribution in [0.15, 0.2) is 18.2 Å². The van der Waals surface area contributed by atoms with Gasteiger partial charge in [0.15, 0.2) is 6.10 Å². The van der Waals surface area contributed by atoms with Gasteiger partial charge in [-0.1, -0.05) is 0 Å². The number of hydrogen-bond acceptors (Lipinski definition) is 5. The molecule has 0 aliphatic carbocycles. The van der Waals surface area contributed by atoms with Gasteiger partial charge in [0.25, 0.3) is 5.91 Å². The lowest BCUT2D eigenvalue weighted by Gasteiger charge is -2.20. The summed E-state index contributed by atoms with van der Waals surface area (Å²) in [6, 6.07) is 4.27. The third-order valence-electron chi connectivity index (χ3n) is 3.47. The molecular weight excluding hydrogens is 274 g/mol. The van der Waals surface area contributed by atoms with Gasteiger partial charge in [0.1, 0.15) is 17.1 Å². The van der Waals surface area contributed by atoms with Crippen LogP contribution in [0, 0.1) is 0 Å². The van der Waals surface area contributed by atoms with E-state index in [4.69, 9.17) is 9.47 Å². The van der Waals surface area contributed by atoms with Crippen LogP contribution in [0.25, 0.3) is 0 Å². The van der Waals surface area contributed by atoms with Crippen molar-refractivity contribution in [2.75, 3.05) is 20.2 Å². The molecule has 21 heavy (non-hydrogen) atoms. The summed E-state index contributed by atoms with van der Waals surface area (Å²) in [5, 5.41) is 9.78. The Morgan fingerprint density at radius 1 is 1.29 bits per heavy atom. The fourth-order valence-electron chi connectivity index (χ4n) is 2.28. The van der Waals surface area contributed by atoms with Gasteiger partial charge < -0.3 is 19.5 Å². The first-order valence-corrected chi connectivity index (χ1v) is 6.89. The van der Waals surface area contributed by atoms with E-state index < -0.39 is 12.1 Å². The van der Waals surface area contributed by atoms with Crippen LogP contribution >= 0.6 is 0 Å². The first kappa shape index (κ1) is 15.2. The molecule has 1 amide bonds. The molecule has 0 unspecified atom stereocenters. The molecule has 6 nitrogen and oxygen atoms in total. The molecule has 0 aromatic heterocycles. The monoisotopic (exact) mass is 293 g/mol. The molecule has 1 aliphatic heterocycles. The number of carbonyl (C=O) groups excluding carboxylic acids is 2. The van der Waals surface area contributed by atoms with Crippen molar-refractivity contribution >= 4 is 11.9 Å². The van der Waals surface area contributed by atoms with E-state index in [2.05, 4.69) is 0 Å². The lowest BCUT2D eigenvalue weighted by Crippen LogP contribution is -2.38. The van der Waals surface area contributed by atoms with Crippen molar-refractivity contribution in [3.8, 4) is 11.5 Å². The third kappa shape index (κ3) is 3.45. The maximum atomic E-state index is 12.1. The molecule has 1 aromatic rings. The van der Waals surface area contributed by atoms with E-state index in [9.17, 15) is 14.7 Å². The van der Waals surface area contributed by atoms with Crippen LogP contribution < -0.4 is 4.74 Å². The van der Waals surface area contributed by atoms with E-state index >= 15 is 0 Å². The first-order valence-electron chi connectivity index (χ1n) is 6.89. The summed E-state index contributed by atoms with van der Waals surface area (Å²) in [5.41, 5.74) is 0.0110. The SMILES string of the molecule is COc1ccc(C(=O)O[C@@H](C)C(=O)N2CCCC2)c(O)c1. The molecule has 1 atom stereocenters. The number of aromatic hydroxyl groups is 1. The molecule has 114 valence electrons. The molecule has 1 fully saturated rings. The molecule has 1 saturated heterocycles. The van der Waals surface area contributed by atoms with Crippen molar-refractivity contribution in [1.29, 1.82) is 0 Å². The zero-order valence-corrected chi connectivity index (χ0v) is 12.2. The smallest absolute Gasteiger partial charge is 0.342 e. The first-order chi connectivity index (χ1) is 10.0. The van der Waals surface area contributed by atoms with E-state index in [-0.39, 0.29) is 17.2 Å². The van der Waals surface area contributed by atoms with Gasteiger partial charge in [0.2, 0.25) is 0 Å². The number of benzene rings is 1. The number of phenolic OH excluding ortho intramolecular Hbond substituents is 1. The second kappa shape index (κ2) is 6.47. The average Bonchev–Trinajstić information content (AvgIpc) is 3.00. The lowest BCUT2D eigenvalue weighted by molar-refractivity contribution is -0.138. The molecule has 1 aromatic carbocycles. The second-order valence-corrected chi connectivity index (χ2v) is 4.96. The average molecular weight is 293 g/mol. The number of likely N-dealkylation sites (tertiary alicyclic amines) is 1. The number of ether oxygens (including phenoxy) is 2. The molecule has 0 saturated carbocycles. The van der Waals surface area contributed by atoms with E-state index in [1.165, 1.54) is 19.2 Å². The molecule has 6 heteroatoms. The fourth-order valence-corrected chi connectivity index (χ4v) is 2.28. The number of carbonyl (C=O) groups is 2. The summed E-state index contributed by atoms with van der Waals surface area (Å²) < 4.78 is 10.1. The standard InChI is InChI=1S/C15H19NO5/c1-10(14(18)16-7-3-4-8-16)21-15(19)12-6-5-11(20-2)9-13(12)17/h5-6,9-10,17H,3-4,7-8H2,1-2H3/t10-/m0/s1. The minimum Gasteiger partial charge on any atom is -0.507 e. The van der Waals surface area contributed by atoms with E-state index in [0.717, 1.165) is 12.8 Å². The number of amides is 1. The molecular formula is C15H19NO5. The van der Waals surface area contributed by atoms with Crippen molar-refractivity contribution in [3.63, 3.8) is 0 Å². The third-order valence-corrected chi connectivity index (χ3v) is 3.47. The van der Waals surface area contributed by atoms with Crippen LogP contribution in [-0.2, 0) is 9.53 Å². The minimum absolute atomic E-state index is 0.0110. The second-order valence-electron chi connectivity index (χ2n) is 4.96. The lowest BCUT2D eigenvalue weighted by atomic mass is 10.2. The fraction of sp³-hybridized carbons (Fsp3) is 0.467. The van der Waals surface area contributed by atoms with Crippen molar-refractivity contribution in [1.82, 2.24) is 4.90 Å². The van der Waals surface area contributed by atoms with Gasteiger partial charge in [-0.2, -0.15) is 0 Å². The zero-order chi connectivity index (χ0) is 15.4. The number of rotatable bonds is 4. The Balaban J connectivity index is 2.01. The van der Waals surface area contributed by atoms with Crippen LogP contribution in [0.3, 0.4) is 0 Å². The minimum atomic E-state index is -0.864. The van der Waals surface area contributed by atoms with Gasteiger partial charge in [-0.3, -0.25) is 4.79 Å². The van der Waals surface area contributed by atoms with E-state index in [0.29, 0.717) is 18.8 Å². The number of esters is 1. The van der Waals surface area contributed by atoms with Crippen LogP contribution in [0.2, 0.25) is 0 Å². The van der Waals surface area contributed by atoms with Crippen LogP contribution in [0.1, 0.15) is 30.1 Å². The van der Waals surface area contributed by atoms with Gasteiger partial charge >= 0.3 is 5.97 Å². The van der Waals surface area contributed by atoms with Crippen molar-refractivity contribution in [2.24, 2.45) is 0 Å². The summed E-state index contributed by atoms with van der Waals surface area (Å²) in [5.74, 6) is -0.727. The normalized spacial score (nSPS) is 15.6. The predicted molar refractivity (Wildman–Crippen MR) is 75.4 cm³/mol. The quantitative estimate of drug-likeness (QED) is 0.853. The molecule has 1 aliphatic rings. The molecule has 1 N–H and O–H groups in total. The number of hydrogen-bond donors (Lipinski definition) is 1. The van der Waals surface area contributed by atoms with Gasteiger partial charge in [0.05, 0.1) is 7.11 Å². The Morgan fingerprint density at radius 2 is 1.95 bits per heavy atom. The van der Waals surface area contributed by atoms with E-state index in [1.54, 1.807) is 17.9 Å². The number of phenols is 1. The Bertz CT molecular complexity index is 537. The highest BCUT2D eigenvalue weighted by Crippen LogP contribution is 2.24. The maximum Gasteiger partial charge on any atom is 0.342 e. The van der Waals surface area contributed by atoms with Gasteiger partial charge in [-0.05, 0) is 31.9 Å². The Hall–Kier alpha value is -2.24. The highest BCUT2D eigenvalue weighted by molar-refractivity contribution is 5.94. The summed E-state index contributed by atoms with van der Waals surface area (Å²) in [7, 11) is 1.46. The molecule has 2 rings (SSSR count). The van der Waals surface area contributed by atoms with Gasteiger partial charge in [-0.15, -0.1) is 0 Å². The molecule has 0 radical (unpaired) electrons.